The fraction of sp³-hybridized carbons (Fsp3) is 0.600. The van der Waals surface area contributed by atoms with Gasteiger partial charge in [-0.15, -0.1) is 0 Å². The van der Waals surface area contributed by atoms with Crippen LogP contribution in [0, 0.1) is 12.8 Å². The smallest absolute Gasteiger partial charge is 0.386 e. The van der Waals surface area contributed by atoms with Crippen LogP contribution in [-0.4, -0.2) is 53.0 Å². The van der Waals surface area contributed by atoms with E-state index in [1.165, 1.54) is 4.90 Å². The third-order valence-corrected chi connectivity index (χ3v) is 5.23. The number of esters is 2. The number of nitrogens with two attached hydrogens (primary N) is 1. The van der Waals surface area contributed by atoms with Crippen molar-refractivity contribution >= 4 is 17.8 Å². The van der Waals surface area contributed by atoms with Gasteiger partial charge in [0.2, 0.25) is 5.91 Å². The van der Waals surface area contributed by atoms with Crippen molar-refractivity contribution in [2.75, 3.05) is 7.05 Å². The van der Waals surface area contributed by atoms with Crippen LogP contribution in [0.25, 0.3) is 0 Å². The van der Waals surface area contributed by atoms with E-state index in [1.807, 2.05) is 0 Å². The standard InChI is InChI=1S/C20H26F3N3O4/c1-12-6-5-7-14(25-12)10-13(11-17(27)30-19(29)20(21,22)23)18(28)26(2)16-9-4-3-8-15(16)24/h5-7,13,15-16H,3-4,8-11,24H2,1-2H3/t13-,15+,16+/m1/s1. The molecule has 0 saturated heterocycles. The lowest BCUT2D eigenvalue weighted by Gasteiger charge is -2.37. The molecule has 30 heavy (non-hydrogen) atoms. The molecule has 1 aliphatic carbocycles. The summed E-state index contributed by atoms with van der Waals surface area (Å²) >= 11 is 0. The van der Waals surface area contributed by atoms with Crippen molar-refractivity contribution in [2.24, 2.45) is 11.7 Å². The van der Waals surface area contributed by atoms with Crippen LogP contribution in [0.2, 0.25) is 0 Å². The maximum Gasteiger partial charge on any atom is 0.491 e. The predicted octanol–water partition coefficient (Wildman–Crippen LogP) is 2.30. The summed E-state index contributed by atoms with van der Waals surface area (Å²) in [6.07, 6.45) is -2.63. The Labute approximate surface area is 172 Å². The average Bonchev–Trinajstić information content (AvgIpc) is 2.66. The highest BCUT2D eigenvalue weighted by Gasteiger charge is 2.43. The van der Waals surface area contributed by atoms with Gasteiger partial charge in [0.15, 0.2) is 0 Å². The summed E-state index contributed by atoms with van der Waals surface area (Å²) in [7, 11) is 1.57. The number of carbonyl (C=O) groups is 3. The molecule has 1 aromatic rings. The van der Waals surface area contributed by atoms with Gasteiger partial charge in [-0.2, -0.15) is 13.2 Å². The van der Waals surface area contributed by atoms with E-state index < -0.39 is 36.4 Å². The number of aryl methyl sites for hydroxylation is 1. The van der Waals surface area contributed by atoms with Crippen LogP contribution in [-0.2, 0) is 25.5 Å². The number of rotatable bonds is 6. The van der Waals surface area contributed by atoms with Gasteiger partial charge in [-0.05, 0) is 31.9 Å². The van der Waals surface area contributed by atoms with Gasteiger partial charge < -0.3 is 15.4 Å². The monoisotopic (exact) mass is 429 g/mol. The van der Waals surface area contributed by atoms with Crippen LogP contribution in [0.4, 0.5) is 13.2 Å². The number of aromatic nitrogens is 1. The van der Waals surface area contributed by atoms with Crippen molar-refractivity contribution in [2.45, 2.75) is 63.7 Å². The summed E-state index contributed by atoms with van der Waals surface area (Å²) in [5.41, 5.74) is 7.33. The molecule has 2 rings (SSSR count). The Kier molecular flexibility index (Phi) is 7.94. The Morgan fingerprint density at radius 2 is 1.93 bits per heavy atom. The molecule has 3 atom stereocenters. The van der Waals surface area contributed by atoms with E-state index >= 15 is 0 Å². The zero-order chi connectivity index (χ0) is 22.5. The Hall–Kier alpha value is -2.49. The van der Waals surface area contributed by atoms with E-state index in [0.717, 1.165) is 19.3 Å². The van der Waals surface area contributed by atoms with Gasteiger partial charge in [0.05, 0.1) is 12.3 Å². The van der Waals surface area contributed by atoms with Crippen LogP contribution in [0.1, 0.15) is 43.5 Å². The molecule has 0 spiro atoms. The number of hydrogen-bond acceptors (Lipinski definition) is 6. The van der Waals surface area contributed by atoms with Gasteiger partial charge in [0.1, 0.15) is 0 Å². The van der Waals surface area contributed by atoms with Crippen LogP contribution in [0.5, 0.6) is 0 Å². The molecule has 0 aliphatic heterocycles. The number of hydrogen-bond donors (Lipinski definition) is 1. The quantitative estimate of drug-likeness (QED) is 0.550. The molecular weight excluding hydrogens is 403 g/mol. The molecule has 10 heteroatoms. The summed E-state index contributed by atoms with van der Waals surface area (Å²) in [4.78, 5) is 41.8. The van der Waals surface area contributed by atoms with Gasteiger partial charge in [0, 0.05) is 36.9 Å². The van der Waals surface area contributed by atoms with E-state index in [-0.39, 0.29) is 18.5 Å². The maximum atomic E-state index is 13.1. The number of nitrogens with zero attached hydrogens (tertiary/aromatic N) is 2. The summed E-state index contributed by atoms with van der Waals surface area (Å²) in [6, 6.07) is 4.69. The molecule has 0 bridgehead atoms. The molecule has 1 heterocycles. The number of carbonyl (C=O) groups excluding carboxylic acids is 3. The first kappa shape index (κ1) is 23.8. The number of alkyl halides is 3. The predicted molar refractivity (Wildman–Crippen MR) is 101 cm³/mol. The molecule has 7 nitrogen and oxygen atoms in total. The molecular formula is C20H26F3N3O4. The first-order valence-corrected chi connectivity index (χ1v) is 9.75. The molecule has 1 saturated carbocycles. The molecule has 1 fully saturated rings. The average molecular weight is 429 g/mol. The van der Waals surface area contributed by atoms with Gasteiger partial charge in [-0.1, -0.05) is 18.9 Å². The fourth-order valence-corrected chi connectivity index (χ4v) is 3.69. The summed E-state index contributed by atoms with van der Waals surface area (Å²) in [5, 5.41) is 0. The highest BCUT2D eigenvalue weighted by molar-refractivity contribution is 5.91. The summed E-state index contributed by atoms with van der Waals surface area (Å²) < 4.78 is 41.0. The molecule has 1 amide bonds. The van der Waals surface area contributed by atoms with E-state index in [1.54, 1.807) is 32.2 Å². The van der Waals surface area contributed by atoms with Crippen LogP contribution in [0.3, 0.4) is 0 Å². The largest absolute Gasteiger partial charge is 0.491 e. The third-order valence-electron chi connectivity index (χ3n) is 5.23. The Morgan fingerprint density at radius 1 is 1.27 bits per heavy atom. The first-order chi connectivity index (χ1) is 14.0. The van der Waals surface area contributed by atoms with Crippen molar-refractivity contribution in [3.63, 3.8) is 0 Å². The minimum atomic E-state index is -5.29. The van der Waals surface area contributed by atoms with Crippen molar-refractivity contribution in [1.82, 2.24) is 9.88 Å². The zero-order valence-corrected chi connectivity index (χ0v) is 16.9. The molecule has 1 aliphatic rings. The molecule has 2 N–H and O–H groups in total. The zero-order valence-electron chi connectivity index (χ0n) is 16.9. The highest BCUT2D eigenvalue weighted by atomic mass is 19.4. The van der Waals surface area contributed by atoms with E-state index in [4.69, 9.17) is 5.73 Å². The van der Waals surface area contributed by atoms with Gasteiger partial charge in [-0.25, -0.2) is 4.79 Å². The van der Waals surface area contributed by atoms with Crippen LogP contribution < -0.4 is 5.73 Å². The second kappa shape index (κ2) is 10.0. The van der Waals surface area contributed by atoms with E-state index in [2.05, 4.69) is 9.72 Å². The topological polar surface area (TPSA) is 103 Å². The second-order valence-corrected chi connectivity index (χ2v) is 7.60. The lowest BCUT2D eigenvalue weighted by Crippen LogP contribution is -2.52. The molecule has 0 unspecified atom stereocenters. The number of amides is 1. The number of likely N-dealkylation sites (N-methyl/N-ethyl adjacent to an activating group) is 1. The van der Waals surface area contributed by atoms with Crippen molar-refractivity contribution in [3.05, 3.63) is 29.6 Å². The Morgan fingerprint density at radius 3 is 2.53 bits per heavy atom. The minimum Gasteiger partial charge on any atom is -0.386 e. The van der Waals surface area contributed by atoms with E-state index in [0.29, 0.717) is 17.8 Å². The highest BCUT2D eigenvalue weighted by Crippen LogP contribution is 2.25. The number of pyridine rings is 1. The molecule has 1 aromatic heterocycles. The van der Waals surface area contributed by atoms with Crippen LogP contribution in [0.15, 0.2) is 18.2 Å². The van der Waals surface area contributed by atoms with Crippen molar-refractivity contribution < 1.29 is 32.3 Å². The normalized spacial score (nSPS) is 20.3. The first-order valence-electron chi connectivity index (χ1n) is 9.75. The molecule has 0 aromatic carbocycles. The van der Waals surface area contributed by atoms with Gasteiger partial charge in [-0.3, -0.25) is 14.6 Å². The minimum absolute atomic E-state index is 0.0160. The van der Waals surface area contributed by atoms with Gasteiger partial charge >= 0.3 is 18.1 Å². The lowest BCUT2D eigenvalue weighted by atomic mass is 9.88. The second-order valence-electron chi connectivity index (χ2n) is 7.60. The van der Waals surface area contributed by atoms with Crippen molar-refractivity contribution in [3.8, 4) is 0 Å². The molecule has 0 radical (unpaired) electrons. The molecule has 166 valence electrons. The summed E-state index contributed by atoms with van der Waals surface area (Å²) in [6.45, 7) is 1.75. The number of ether oxygens (including phenoxy) is 1. The SMILES string of the molecule is Cc1cccc(C[C@H](CC(=O)OC(=O)C(F)(F)F)C(=O)N(C)[C@H]2CCCC[C@@H]2N)n1. The fourth-order valence-electron chi connectivity index (χ4n) is 3.69. The van der Waals surface area contributed by atoms with Crippen LogP contribution >= 0.6 is 0 Å². The van der Waals surface area contributed by atoms with Crippen molar-refractivity contribution in [1.29, 1.82) is 0 Å². The van der Waals surface area contributed by atoms with Gasteiger partial charge in [0.25, 0.3) is 0 Å². The summed E-state index contributed by atoms with van der Waals surface area (Å²) in [5.74, 6) is -5.50. The maximum absolute atomic E-state index is 13.1. The number of halogens is 3. The van der Waals surface area contributed by atoms with E-state index in [9.17, 15) is 27.6 Å². The Bertz CT molecular complexity index is 785. The lowest BCUT2D eigenvalue weighted by molar-refractivity contribution is -0.202. The Balaban J connectivity index is 2.18. The third kappa shape index (κ3) is 6.51.